The highest BCUT2D eigenvalue weighted by molar-refractivity contribution is 5.92. The molecule has 2 aliphatic carbocycles. The molecular weight excluding hydrogens is 312 g/mol. The van der Waals surface area contributed by atoms with Crippen LogP contribution in [0.3, 0.4) is 0 Å². The Balaban J connectivity index is 1.88. The first-order valence-electron chi connectivity index (χ1n) is 9.44. The second-order valence-electron chi connectivity index (χ2n) is 7.60. The summed E-state index contributed by atoms with van der Waals surface area (Å²) in [5.41, 5.74) is 2.42. The highest BCUT2D eigenvalue weighted by Crippen LogP contribution is 2.39. The molecule has 1 N–H and O–H groups in total. The fraction of sp³-hybridized carbons (Fsp3) is 0.429. The molecule has 0 spiro atoms. The van der Waals surface area contributed by atoms with Gasteiger partial charge in [-0.2, -0.15) is 0 Å². The van der Waals surface area contributed by atoms with Crippen molar-refractivity contribution in [2.75, 3.05) is 0 Å². The lowest BCUT2D eigenvalue weighted by Crippen LogP contribution is -2.32. The van der Waals surface area contributed by atoms with Crippen molar-refractivity contribution < 1.29 is 0 Å². The van der Waals surface area contributed by atoms with Crippen molar-refractivity contribution in [3.8, 4) is 0 Å². The number of nitrogens with one attached hydrogen (secondary N) is 1. The molecule has 128 valence electrons. The number of fused-ring (bicyclic) bond motifs is 2. The van der Waals surface area contributed by atoms with Crippen LogP contribution in [-0.4, -0.2) is 9.55 Å². The molecule has 0 bridgehead atoms. The summed E-state index contributed by atoms with van der Waals surface area (Å²) in [6, 6.07) is 9.82. The summed E-state index contributed by atoms with van der Waals surface area (Å²) in [6.07, 6.45) is 7.98. The molecule has 4 heteroatoms. The van der Waals surface area contributed by atoms with E-state index in [4.69, 9.17) is 0 Å². The number of para-hydroxylation sites is 1. The molecule has 2 fully saturated rings. The predicted octanol–water partition coefficient (Wildman–Crippen LogP) is 4.23. The number of hydrogen-bond acceptors (Lipinski definition) is 2. The maximum absolute atomic E-state index is 13.4. The van der Waals surface area contributed by atoms with Gasteiger partial charge in [0.05, 0.1) is 5.52 Å². The molecule has 0 unspecified atom stereocenters. The van der Waals surface area contributed by atoms with Gasteiger partial charge >= 0.3 is 0 Å². The zero-order valence-corrected chi connectivity index (χ0v) is 14.3. The van der Waals surface area contributed by atoms with E-state index in [1.807, 2.05) is 22.8 Å². The highest BCUT2D eigenvalue weighted by Gasteiger charge is 2.29. The van der Waals surface area contributed by atoms with Crippen LogP contribution in [0.4, 0.5) is 0 Å². The Morgan fingerprint density at radius 1 is 0.920 bits per heavy atom. The molecule has 4 nitrogen and oxygen atoms in total. The molecule has 0 aliphatic heterocycles. The molecule has 2 aliphatic rings. The number of aromatic amines is 1. The Hall–Kier alpha value is -2.36. The van der Waals surface area contributed by atoms with Crippen LogP contribution in [0.15, 0.2) is 39.9 Å². The topological polar surface area (TPSA) is 54.9 Å². The third kappa shape index (κ3) is 2.20. The van der Waals surface area contributed by atoms with Gasteiger partial charge in [-0.05, 0) is 49.8 Å². The summed E-state index contributed by atoms with van der Waals surface area (Å²) in [6.45, 7) is 0. The summed E-state index contributed by atoms with van der Waals surface area (Å²) >= 11 is 0. The Morgan fingerprint density at radius 2 is 1.68 bits per heavy atom. The summed E-state index contributed by atoms with van der Waals surface area (Å²) in [5, 5.41) is 0.926. The van der Waals surface area contributed by atoms with Crippen molar-refractivity contribution in [3.63, 3.8) is 0 Å². The van der Waals surface area contributed by atoms with Crippen LogP contribution in [0.1, 0.15) is 62.6 Å². The molecule has 5 rings (SSSR count). The zero-order valence-electron chi connectivity index (χ0n) is 14.3. The first-order valence-corrected chi connectivity index (χ1v) is 9.44. The molecule has 2 aromatic heterocycles. The summed E-state index contributed by atoms with van der Waals surface area (Å²) in [5.74, 6) is 0.465. The van der Waals surface area contributed by atoms with Gasteiger partial charge in [-0.25, -0.2) is 0 Å². The minimum atomic E-state index is -0.138. The molecule has 2 heterocycles. The van der Waals surface area contributed by atoms with Gasteiger partial charge in [0.25, 0.3) is 5.56 Å². The normalized spacial score (nSPS) is 18.9. The van der Waals surface area contributed by atoms with Crippen molar-refractivity contribution >= 4 is 21.8 Å². The van der Waals surface area contributed by atoms with Gasteiger partial charge in [-0.1, -0.05) is 31.4 Å². The number of nitrogens with zero attached hydrogens (tertiary/aromatic N) is 1. The monoisotopic (exact) mass is 334 g/mol. The van der Waals surface area contributed by atoms with Crippen LogP contribution in [0.5, 0.6) is 0 Å². The minimum Gasteiger partial charge on any atom is -0.354 e. The summed E-state index contributed by atoms with van der Waals surface area (Å²) in [4.78, 5) is 29.7. The maximum atomic E-state index is 13.4. The smallest absolute Gasteiger partial charge is 0.264 e. The van der Waals surface area contributed by atoms with Crippen LogP contribution in [0.2, 0.25) is 0 Å². The number of H-pyrrole nitrogens is 1. The molecule has 2 saturated carbocycles. The number of pyridine rings is 2. The van der Waals surface area contributed by atoms with Crippen molar-refractivity contribution in [1.29, 1.82) is 0 Å². The van der Waals surface area contributed by atoms with Gasteiger partial charge in [-0.3, -0.25) is 9.59 Å². The zero-order chi connectivity index (χ0) is 17.0. The standard InChI is InChI=1S/C21H22N2O2/c24-20-15-10-3-4-11-16(15)22-17-12-18(13-6-5-7-13)23(21(25)19(17)20)14-8-1-2-9-14/h3-4,10-14H,1-2,5-9H2,(H,22,24). The fourth-order valence-electron chi connectivity index (χ4n) is 4.59. The Labute approximate surface area is 145 Å². The van der Waals surface area contributed by atoms with Gasteiger partial charge in [0.1, 0.15) is 5.39 Å². The number of aromatic nitrogens is 2. The Kier molecular flexibility index (Phi) is 3.34. The lowest BCUT2D eigenvalue weighted by Gasteiger charge is -2.31. The molecule has 0 amide bonds. The van der Waals surface area contributed by atoms with Crippen LogP contribution in [0, 0.1) is 0 Å². The second-order valence-corrected chi connectivity index (χ2v) is 7.60. The van der Waals surface area contributed by atoms with E-state index in [2.05, 4.69) is 11.1 Å². The van der Waals surface area contributed by atoms with Crippen LogP contribution in [0.25, 0.3) is 21.8 Å². The van der Waals surface area contributed by atoms with Crippen molar-refractivity contribution in [1.82, 2.24) is 9.55 Å². The number of hydrogen-bond donors (Lipinski definition) is 1. The van der Waals surface area contributed by atoms with E-state index in [9.17, 15) is 9.59 Å². The van der Waals surface area contributed by atoms with E-state index in [1.54, 1.807) is 6.07 Å². The van der Waals surface area contributed by atoms with Gasteiger partial charge in [0.2, 0.25) is 5.43 Å². The first kappa shape index (κ1) is 14.9. The molecule has 0 radical (unpaired) electrons. The van der Waals surface area contributed by atoms with E-state index in [1.165, 1.54) is 19.3 Å². The minimum absolute atomic E-state index is 0.0849. The highest BCUT2D eigenvalue weighted by atomic mass is 16.1. The lowest BCUT2D eigenvalue weighted by molar-refractivity contribution is 0.372. The summed E-state index contributed by atoms with van der Waals surface area (Å²) in [7, 11) is 0. The Morgan fingerprint density at radius 3 is 2.40 bits per heavy atom. The molecule has 0 atom stereocenters. The molecular formula is C21H22N2O2. The van der Waals surface area contributed by atoms with Gasteiger partial charge in [0.15, 0.2) is 0 Å². The molecule has 25 heavy (non-hydrogen) atoms. The third-order valence-corrected chi connectivity index (χ3v) is 6.15. The van der Waals surface area contributed by atoms with E-state index in [0.29, 0.717) is 22.2 Å². The number of benzene rings is 1. The average molecular weight is 334 g/mol. The van der Waals surface area contributed by atoms with Gasteiger partial charge in [-0.15, -0.1) is 0 Å². The SMILES string of the molecule is O=c1c2ccccc2[nH]c2cc(C3CCC3)n(C3CCCC3)c(=O)c12. The van der Waals surface area contributed by atoms with Crippen molar-refractivity contribution in [2.24, 2.45) is 0 Å². The first-order chi connectivity index (χ1) is 12.2. The van der Waals surface area contributed by atoms with Crippen LogP contribution >= 0.6 is 0 Å². The Bertz CT molecular complexity index is 1080. The van der Waals surface area contributed by atoms with E-state index >= 15 is 0 Å². The van der Waals surface area contributed by atoms with Crippen molar-refractivity contribution in [3.05, 3.63) is 56.6 Å². The largest absolute Gasteiger partial charge is 0.354 e. The predicted molar refractivity (Wildman–Crippen MR) is 100 cm³/mol. The maximum Gasteiger partial charge on any atom is 0.264 e. The van der Waals surface area contributed by atoms with E-state index in [0.717, 1.165) is 36.9 Å². The van der Waals surface area contributed by atoms with Crippen molar-refractivity contribution in [2.45, 2.75) is 56.9 Å². The lowest BCUT2D eigenvalue weighted by atomic mass is 9.82. The van der Waals surface area contributed by atoms with Gasteiger partial charge < -0.3 is 9.55 Å². The molecule has 1 aromatic carbocycles. The second kappa shape index (κ2) is 5.58. The van der Waals surface area contributed by atoms with E-state index in [-0.39, 0.29) is 17.0 Å². The third-order valence-electron chi connectivity index (χ3n) is 6.15. The van der Waals surface area contributed by atoms with Crippen LogP contribution in [-0.2, 0) is 0 Å². The van der Waals surface area contributed by atoms with E-state index < -0.39 is 0 Å². The van der Waals surface area contributed by atoms with Gasteiger partial charge in [0, 0.05) is 22.6 Å². The average Bonchev–Trinajstić information content (AvgIpc) is 3.07. The summed E-state index contributed by atoms with van der Waals surface area (Å²) < 4.78 is 1.99. The number of rotatable bonds is 2. The fourth-order valence-corrected chi connectivity index (χ4v) is 4.59. The molecule has 0 saturated heterocycles. The van der Waals surface area contributed by atoms with Crippen LogP contribution < -0.4 is 11.0 Å². The quantitative estimate of drug-likeness (QED) is 0.713. The molecule has 3 aromatic rings.